The van der Waals surface area contributed by atoms with Gasteiger partial charge < -0.3 is 20.0 Å². The van der Waals surface area contributed by atoms with Crippen molar-refractivity contribution in [1.29, 1.82) is 0 Å². The molecule has 0 spiro atoms. The van der Waals surface area contributed by atoms with Gasteiger partial charge in [-0.1, -0.05) is 0 Å². The predicted molar refractivity (Wildman–Crippen MR) is 100.0 cm³/mol. The summed E-state index contributed by atoms with van der Waals surface area (Å²) in [5.74, 6) is -0.503. The zero-order valence-electron chi connectivity index (χ0n) is 15.0. The van der Waals surface area contributed by atoms with Crippen molar-refractivity contribution in [2.24, 2.45) is 0 Å². The van der Waals surface area contributed by atoms with Crippen molar-refractivity contribution >= 4 is 29.6 Å². The molecule has 2 aliphatic heterocycles. The summed E-state index contributed by atoms with van der Waals surface area (Å²) < 4.78 is 0. The van der Waals surface area contributed by atoms with E-state index in [1.54, 1.807) is 9.80 Å². The average molecular weight is 358 g/mol. The number of piperidine rings is 1. The van der Waals surface area contributed by atoms with E-state index in [0.29, 0.717) is 31.9 Å². The van der Waals surface area contributed by atoms with Crippen LogP contribution in [0.25, 0.3) is 0 Å². The summed E-state index contributed by atoms with van der Waals surface area (Å²) in [7, 11) is 0. The van der Waals surface area contributed by atoms with Crippen LogP contribution in [0.4, 0.5) is 11.4 Å². The molecule has 1 N–H and O–H groups in total. The Morgan fingerprint density at radius 3 is 2.19 bits per heavy atom. The Morgan fingerprint density at radius 1 is 0.923 bits per heavy atom. The van der Waals surface area contributed by atoms with Gasteiger partial charge in [0.1, 0.15) is 6.42 Å². The lowest BCUT2D eigenvalue weighted by Crippen LogP contribution is -2.48. The van der Waals surface area contributed by atoms with Crippen LogP contribution in [0, 0.1) is 0 Å². The number of carbonyl (C=O) groups is 3. The second-order valence-electron chi connectivity index (χ2n) is 6.84. The predicted octanol–water partition coefficient (Wildman–Crippen LogP) is 1.31. The van der Waals surface area contributed by atoms with Gasteiger partial charge in [-0.05, 0) is 43.5 Å². The Balaban J connectivity index is 1.47. The van der Waals surface area contributed by atoms with E-state index < -0.39 is 0 Å². The highest BCUT2D eigenvalue weighted by Gasteiger charge is 2.22. The minimum absolute atomic E-state index is 0.172. The van der Waals surface area contributed by atoms with Crippen molar-refractivity contribution in [3.63, 3.8) is 0 Å². The van der Waals surface area contributed by atoms with Crippen LogP contribution in [-0.2, 0) is 14.4 Å². The topological polar surface area (TPSA) is 73.0 Å². The zero-order valence-corrected chi connectivity index (χ0v) is 15.0. The fourth-order valence-corrected chi connectivity index (χ4v) is 3.44. The molecule has 0 bridgehead atoms. The Labute approximate surface area is 153 Å². The third kappa shape index (κ3) is 4.74. The van der Waals surface area contributed by atoms with E-state index in [1.165, 1.54) is 24.9 Å². The summed E-state index contributed by atoms with van der Waals surface area (Å²) in [5, 5.41) is 2.79. The number of nitrogens with zero attached hydrogens (tertiary/aromatic N) is 3. The first-order valence-corrected chi connectivity index (χ1v) is 9.28. The van der Waals surface area contributed by atoms with Crippen LogP contribution < -0.4 is 10.2 Å². The largest absolute Gasteiger partial charge is 0.372 e. The molecule has 7 nitrogen and oxygen atoms in total. The van der Waals surface area contributed by atoms with Crippen LogP contribution in [0.1, 0.15) is 25.7 Å². The van der Waals surface area contributed by atoms with Crippen LogP contribution >= 0.6 is 0 Å². The van der Waals surface area contributed by atoms with E-state index in [4.69, 9.17) is 0 Å². The molecule has 7 heteroatoms. The highest BCUT2D eigenvalue weighted by molar-refractivity contribution is 6.03. The van der Waals surface area contributed by atoms with Gasteiger partial charge in [0, 0.05) is 50.6 Å². The standard InChI is InChI=1S/C19H26N4O3/c24-15-21-10-12-23(13-11-21)19(26)14-18(25)20-16-4-6-17(7-5-16)22-8-2-1-3-9-22/h4-7,15H,1-3,8-14H2,(H,20,25). The van der Waals surface area contributed by atoms with Crippen molar-refractivity contribution in [1.82, 2.24) is 9.80 Å². The highest BCUT2D eigenvalue weighted by atomic mass is 16.2. The van der Waals surface area contributed by atoms with Crippen molar-refractivity contribution in [2.75, 3.05) is 49.5 Å². The molecular weight excluding hydrogens is 332 g/mol. The first-order valence-electron chi connectivity index (χ1n) is 9.28. The first-order chi connectivity index (χ1) is 12.7. The minimum Gasteiger partial charge on any atom is -0.372 e. The molecule has 3 amide bonds. The Bertz CT molecular complexity index is 633. The zero-order chi connectivity index (χ0) is 18.4. The molecule has 1 aromatic carbocycles. The van der Waals surface area contributed by atoms with Crippen LogP contribution in [-0.4, -0.2) is 67.3 Å². The Morgan fingerprint density at radius 2 is 1.58 bits per heavy atom. The van der Waals surface area contributed by atoms with Gasteiger partial charge in [-0.15, -0.1) is 0 Å². The number of hydrogen-bond donors (Lipinski definition) is 1. The molecule has 26 heavy (non-hydrogen) atoms. The summed E-state index contributed by atoms with van der Waals surface area (Å²) in [5.41, 5.74) is 1.88. The van der Waals surface area contributed by atoms with Crippen molar-refractivity contribution in [2.45, 2.75) is 25.7 Å². The number of rotatable bonds is 5. The van der Waals surface area contributed by atoms with Crippen LogP contribution in [0.3, 0.4) is 0 Å². The summed E-state index contributed by atoms with van der Waals surface area (Å²) in [4.78, 5) is 40.7. The monoisotopic (exact) mass is 358 g/mol. The van der Waals surface area contributed by atoms with Gasteiger partial charge in [-0.25, -0.2) is 0 Å². The van der Waals surface area contributed by atoms with Crippen LogP contribution in [0.15, 0.2) is 24.3 Å². The molecule has 2 fully saturated rings. The normalized spacial score (nSPS) is 17.8. The molecule has 0 unspecified atom stereocenters. The van der Waals surface area contributed by atoms with Gasteiger partial charge in [0.25, 0.3) is 0 Å². The molecule has 140 valence electrons. The Hall–Kier alpha value is -2.57. The van der Waals surface area contributed by atoms with E-state index in [-0.39, 0.29) is 18.2 Å². The lowest BCUT2D eigenvalue weighted by molar-refractivity contribution is -0.137. The number of piperazine rings is 1. The lowest BCUT2D eigenvalue weighted by atomic mass is 10.1. The van der Waals surface area contributed by atoms with Crippen molar-refractivity contribution < 1.29 is 14.4 Å². The smallest absolute Gasteiger partial charge is 0.233 e. The van der Waals surface area contributed by atoms with Gasteiger partial charge in [-0.3, -0.25) is 14.4 Å². The molecule has 2 heterocycles. The molecule has 2 saturated heterocycles. The van der Waals surface area contributed by atoms with E-state index >= 15 is 0 Å². The minimum atomic E-state index is -0.307. The van der Waals surface area contributed by atoms with E-state index in [9.17, 15) is 14.4 Å². The number of carbonyl (C=O) groups excluding carboxylic acids is 3. The second-order valence-corrected chi connectivity index (χ2v) is 6.84. The maximum Gasteiger partial charge on any atom is 0.233 e. The number of hydrogen-bond acceptors (Lipinski definition) is 4. The highest BCUT2D eigenvalue weighted by Crippen LogP contribution is 2.21. The molecule has 1 aromatic rings. The number of amides is 3. The van der Waals surface area contributed by atoms with Crippen LogP contribution in [0.2, 0.25) is 0 Å². The van der Waals surface area contributed by atoms with Gasteiger partial charge >= 0.3 is 0 Å². The molecule has 0 aliphatic carbocycles. The van der Waals surface area contributed by atoms with Crippen molar-refractivity contribution in [3.8, 4) is 0 Å². The quantitative estimate of drug-likeness (QED) is 0.636. The Kier molecular flexibility index (Phi) is 6.09. The SMILES string of the molecule is O=CN1CCN(C(=O)CC(=O)Nc2ccc(N3CCCCC3)cc2)CC1. The molecule has 0 atom stereocenters. The number of anilines is 2. The summed E-state index contributed by atoms with van der Waals surface area (Å²) in [6.45, 7) is 4.17. The molecule has 3 rings (SSSR count). The summed E-state index contributed by atoms with van der Waals surface area (Å²) in [6, 6.07) is 7.80. The maximum absolute atomic E-state index is 12.2. The molecule has 0 radical (unpaired) electrons. The van der Waals surface area contributed by atoms with E-state index in [0.717, 1.165) is 19.5 Å². The second kappa shape index (κ2) is 8.69. The fourth-order valence-electron chi connectivity index (χ4n) is 3.44. The fraction of sp³-hybridized carbons (Fsp3) is 0.526. The number of benzene rings is 1. The first kappa shape index (κ1) is 18.2. The van der Waals surface area contributed by atoms with Gasteiger partial charge in [0.05, 0.1) is 0 Å². The van der Waals surface area contributed by atoms with Crippen LogP contribution in [0.5, 0.6) is 0 Å². The van der Waals surface area contributed by atoms with E-state index in [2.05, 4.69) is 10.2 Å². The summed E-state index contributed by atoms with van der Waals surface area (Å²) >= 11 is 0. The summed E-state index contributed by atoms with van der Waals surface area (Å²) in [6.07, 6.45) is 4.36. The van der Waals surface area contributed by atoms with Gasteiger partial charge in [-0.2, -0.15) is 0 Å². The third-order valence-electron chi connectivity index (χ3n) is 5.00. The molecule has 2 aliphatic rings. The number of nitrogens with one attached hydrogen (secondary N) is 1. The maximum atomic E-state index is 12.2. The van der Waals surface area contributed by atoms with E-state index in [1.807, 2.05) is 24.3 Å². The van der Waals surface area contributed by atoms with Crippen molar-refractivity contribution in [3.05, 3.63) is 24.3 Å². The molecular formula is C19H26N4O3. The molecule has 0 saturated carbocycles. The third-order valence-corrected chi connectivity index (χ3v) is 5.00. The van der Waals surface area contributed by atoms with Gasteiger partial charge in [0.2, 0.25) is 18.2 Å². The molecule has 0 aromatic heterocycles. The average Bonchev–Trinajstić information content (AvgIpc) is 2.69. The van der Waals surface area contributed by atoms with Gasteiger partial charge in [0.15, 0.2) is 0 Å². The lowest BCUT2D eigenvalue weighted by Gasteiger charge is -2.32.